The highest BCUT2D eigenvalue weighted by Gasteiger charge is 2.22. The third-order valence-electron chi connectivity index (χ3n) is 4.38. The predicted octanol–water partition coefficient (Wildman–Crippen LogP) is 2.01. The molecular weight excluding hydrogens is 321 g/mol. The third kappa shape index (κ3) is 4.30. The first-order chi connectivity index (χ1) is 12.2. The highest BCUT2D eigenvalue weighted by Crippen LogP contribution is 2.11. The fraction of sp³-hybridized carbons (Fsp3) is 0.389. The first kappa shape index (κ1) is 17.3. The Balaban J connectivity index is 1.63. The highest BCUT2D eigenvalue weighted by molar-refractivity contribution is 5.92. The van der Waals surface area contributed by atoms with Crippen LogP contribution in [0.5, 0.6) is 0 Å². The van der Waals surface area contributed by atoms with Gasteiger partial charge in [-0.15, -0.1) is 0 Å². The van der Waals surface area contributed by atoms with Crippen molar-refractivity contribution < 1.29 is 9.18 Å². The number of benzene rings is 1. The molecule has 0 saturated carbocycles. The summed E-state index contributed by atoms with van der Waals surface area (Å²) in [6.45, 7) is 6.55. The molecule has 3 rings (SSSR count). The second-order valence-electron chi connectivity index (χ2n) is 5.94. The summed E-state index contributed by atoms with van der Waals surface area (Å²) in [6, 6.07) is 8.14. The molecule has 1 aliphatic rings. The van der Waals surface area contributed by atoms with Gasteiger partial charge in [-0.25, -0.2) is 14.4 Å². The molecule has 1 aromatic heterocycles. The summed E-state index contributed by atoms with van der Waals surface area (Å²) < 4.78 is 13.7. The molecule has 1 amide bonds. The summed E-state index contributed by atoms with van der Waals surface area (Å²) in [5.74, 6) is -0.0515. The summed E-state index contributed by atoms with van der Waals surface area (Å²) >= 11 is 0. The monoisotopic (exact) mass is 343 g/mol. The Labute approximate surface area is 146 Å². The van der Waals surface area contributed by atoms with E-state index in [1.54, 1.807) is 30.5 Å². The molecule has 2 aromatic rings. The molecule has 1 saturated heterocycles. The molecule has 0 aliphatic carbocycles. The van der Waals surface area contributed by atoms with Crippen molar-refractivity contribution in [2.24, 2.45) is 0 Å². The van der Waals surface area contributed by atoms with Crippen LogP contribution >= 0.6 is 0 Å². The average molecular weight is 343 g/mol. The molecule has 1 aromatic carbocycles. The maximum absolute atomic E-state index is 13.7. The van der Waals surface area contributed by atoms with E-state index in [4.69, 9.17) is 0 Å². The van der Waals surface area contributed by atoms with Crippen molar-refractivity contribution >= 4 is 11.9 Å². The van der Waals surface area contributed by atoms with Crippen molar-refractivity contribution in [2.45, 2.75) is 13.5 Å². The van der Waals surface area contributed by atoms with Crippen molar-refractivity contribution in [1.29, 1.82) is 0 Å². The number of aromatic nitrogens is 2. The van der Waals surface area contributed by atoms with Crippen LogP contribution < -0.4 is 5.32 Å². The predicted molar refractivity (Wildman–Crippen MR) is 93.8 cm³/mol. The van der Waals surface area contributed by atoms with Crippen molar-refractivity contribution in [2.75, 3.05) is 38.0 Å². The zero-order valence-electron chi connectivity index (χ0n) is 14.3. The number of carbonyl (C=O) groups is 1. The first-order valence-electron chi connectivity index (χ1n) is 8.49. The Morgan fingerprint density at radius 1 is 1.20 bits per heavy atom. The fourth-order valence-corrected chi connectivity index (χ4v) is 2.81. The van der Waals surface area contributed by atoms with Crippen molar-refractivity contribution in [3.8, 4) is 0 Å². The van der Waals surface area contributed by atoms with E-state index in [0.29, 0.717) is 30.3 Å². The van der Waals surface area contributed by atoms with Gasteiger partial charge in [-0.1, -0.05) is 25.1 Å². The first-order valence-corrected chi connectivity index (χ1v) is 8.49. The van der Waals surface area contributed by atoms with Crippen LogP contribution in [0.1, 0.15) is 23.0 Å². The van der Waals surface area contributed by atoms with Gasteiger partial charge >= 0.3 is 0 Å². The normalized spacial score (nSPS) is 15.2. The topological polar surface area (TPSA) is 61.4 Å². The van der Waals surface area contributed by atoms with Crippen LogP contribution in [0.3, 0.4) is 0 Å². The van der Waals surface area contributed by atoms with Gasteiger partial charge in [-0.05, 0) is 18.7 Å². The minimum absolute atomic E-state index is 0.0907. The van der Waals surface area contributed by atoms with Crippen LogP contribution in [-0.2, 0) is 6.54 Å². The highest BCUT2D eigenvalue weighted by atomic mass is 19.1. The molecule has 25 heavy (non-hydrogen) atoms. The van der Waals surface area contributed by atoms with E-state index in [1.807, 2.05) is 4.90 Å². The Morgan fingerprint density at radius 2 is 1.96 bits per heavy atom. The standard InChI is InChI=1S/C18H22FN5O/c1-2-23-9-11-24(12-10-23)17(25)16-7-8-20-18(22-16)21-13-14-5-3-4-6-15(14)19/h3-8H,2,9-13H2,1H3,(H,20,21,22). The SMILES string of the molecule is CCN1CCN(C(=O)c2ccnc(NCc3ccccc3F)n2)CC1. The molecule has 1 fully saturated rings. The van der Waals surface area contributed by atoms with Gasteiger partial charge in [-0.3, -0.25) is 4.79 Å². The van der Waals surface area contributed by atoms with E-state index in [1.165, 1.54) is 6.07 Å². The average Bonchev–Trinajstić information content (AvgIpc) is 2.67. The van der Waals surface area contributed by atoms with Gasteiger partial charge in [0.15, 0.2) is 0 Å². The van der Waals surface area contributed by atoms with Crippen LogP contribution in [0.2, 0.25) is 0 Å². The van der Waals surface area contributed by atoms with E-state index in [0.717, 1.165) is 19.6 Å². The Bertz CT molecular complexity index is 731. The smallest absolute Gasteiger partial charge is 0.272 e. The molecule has 6 nitrogen and oxygen atoms in total. The number of halogens is 1. The molecule has 2 heterocycles. The molecule has 0 atom stereocenters. The molecule has 0 spiro atoms. The van der Waals surface area contributed by atoms with E-state index >= 15 is 0 Å². The van der Waals surface area contributed by atoms with Gasteiger partial charge in [0.1, 0.15) is 11.5 Å². The number of nitrogens with zero attached hydrogens (tertiary/aromatic N) is 4. The van der Waals surface area contributed by atoms with E-state index < -0.39 is 0 Å². The van der Waals surface area contributed by atoms with Crippen molar-refractivity contribution in [3.63, 3.8) is 0 Å². The van der Waals surface area contributed by atoms with E-state index in [2.05, 4.69) is 27.1 Å². The van der Waals surface area contributed by atoms with Gasteiger partial charge < -0.3 is 15.1 Å². The molecule has 132 valence electrons. The van der Waals surface area contributed by atoms with Gasteiger partial charge in [-0.2, -0.15) is 0 Å². The Hall–Kier alpha value is -2.54. The summed E-state index contributed by atoms with van der Waals surface area (Å²) in [6.07, 6.45) is 1.55. The maximum atomic E-state index is 13.7. The third-order valence-corrected chi connectivity index (χ3v) is 4.38. The lowest BCUT2D eigenvalue weighted by atomic mass is 10.2. The molecule has 1 aliphatic heterocycles. The molecule has 0 unspecified atom stereocenters. The number of nitrogens with one attached hydrogen (secondary N) is 1. The van der Waals surface area contributed by atoms with Crippen LogP contribution in [-0.4, -0.2) is 58.4 Å². The Morgan fingerprint density at radius 3 is 2.68 bits per heavy atom. The molecule has 7 heteroatoms. The summed E-state index contributed by atoms with van der Waals surface area (Å²) in [5, 5.41) is 2.97. The lowest BCUT2D eigenvalue weighted by Gasteiger charge is -2.33. The number of likely N-dealkylation sites (N-methyl/N-ethyl adjacent to an activating group) is 1. The maximum Gasteiger partial charge on any atom is 0.272 e. The van der Waals surface area contributed by atoms with Gasteiger partial charge in [0.25, 0.3) is 5.91 Å². The second kappa shape index (κ2) is 8.02. The molecule has 1 N–H and O–H groups in total. The number of amides is 1. The van der Waals surface area contributed by atoms with Crippen LogP contribution in [0.15, 0.2) is 36.5 Å². The summed E-state index contributed by atoms with van der Waals surface area (Å²) in [7, 11) is 0. The van der Waals surface area contributed by atoms with Gasteiger partial charge in [0.05, 0.1) is 0 Å². The lowest BCUT2D eigenvalue weighted by molar-refractivity contribution is 0.0637. The van der Waals surface area contributed by atoms with Crippen molar-refractivity contribution in [1.82, 2.24) is 19.8 Å². The number of rotatable bonds is 5. The van der Waals surface area contributed by atoms with Crippen LogP contribution in [0.25, 0.3) is 0 Å². The fourth-order valence-electron chi connectivity index (χ4n) is 2.81. The number of carbonyl (C=O) groups excluding carboxylic acids is 1. The summed E-state index contributed by atoms with van der Waals surface area (Å²) in [5.41, 5.74) is 0.884. The van der Waals surface area contributed by atoms with Gasteiger partial charge in [0.2, 0.25) is 5.95 Å². The van der Waals surface area contributed by atoms with Crippen molar-refractivity contribution in [3.05, 3.63) is 53.6 Å². The molecule has 0 bridgehead atoms. The van der Waals surface area contributed by atoms with Crippen LogP contribution in [0.4, 0.5) is 10.3 Å². The zero-order chi connectivity index (χ0) is 17.6. The quantitative estimate of drug-likeness (QED) is 0.900. The number of piperazine rings is 1. The lowest BCUT2D eigenvalue weighted by Crippen LogP contribution is -2.48. The zero-order valence-corrected chi connectivity index (χ0v) is 14.3. The second-order valence-corrected chi connectivity index (χ2v) is 5.94. The van der Waals surface area contributed by atoms with Gasteiger partial charge in [0, 0.05) is 44.5 Å². The largest absolute Gasteiger partial charge is 0.350 e. The number of hydrogen-bond acceptors (Lipinski definition) is 5. The minimum atomic E-state index is -0.281. The number of hydrogen-bond donors (Lipinski definition) is 1. The summed E-state index contributed by atoms with van der Waals surface area (Å²) in [4.78, 5) is 25.1. The molecule has 0 radical (unpaired) electrons. The van der Waals surface area contributed by atoms with Crippen LogP contribution in [0, 0.1) is 5.82 Å². The minimum Gasteiger partial charge on any atom is -0.350 e. The molecular formula is C18H22FN5O. The Kier molecular flexibility index (Phi) is 5.55. The van der Waals surface area contributed by atoms with E-state index in [-0.39, 0.29) is 18.3 Å². The van der Waals surface area contributed by atoms with E-state index in [9.17, 15) is 9.18 Å². The number of anilines is 1.